The average Bonchev–Trinajstić information content (AvgIpc) is 3.12. The Morgan fingerprint density at radius 2 is 2.00 bits per heavy atom. The molecule has 4 nitrogen and oxygen atoms in total. The maximum Gasteiger partial charge on any atom is 0.251 e. The topological polar surface area (TPSA) is 60.9 Å². The van der Waals surface area contributed by atoms with Crippen LogP contribution in [-0.4, -0.2) is 15.5 Å². The third kappa shape index (κ3) is 3.83. The zero-order chi connectivity index (χ0) is 16.8. The Kier molecular flexibility index (Phi) is 6.39. The molecule has 2 N–H and O–H groups in total. The van der Waals surface area contributed by atoms with Gasteiger partial charge in [-0.1, -0.05) is 33.1 Å². The second-order valence-electron chi connectivity index (χ2n) is 5.95. The van der Waals surface area contributed by atoms with Crippen molar-refractivity contribution >= 4 is 17.2 Å². The number of aromatic nitrogens is 2. The number of carbonyl (C=O) groups excluding carboxylic acids is 1. The van der Waals surface area contributed by atoms with Crippen LogP contribution in [0, 0.1) is 6.92 Å². The van der Waals surface area contributed by atoms with Gasteiger partial charge in [0, 0.05) is 35.1 Å². The van der Waals surface area contributed by atoms with Gasteiger partial charge < -0.3 is 10.3 Å². The zero-order valence-corrected chi connectivity index (χ0v) is 15.2. The van der Waals surface area contributed by atoms with Crippen molar-refractivity contribution in [1.29, 1.82) is 0 Å². The van der Waals surface area contributed by atoms with Crippen molar-refractivity contribution in [2.24, 2.45) is 5.73 Å². The number of amides is 1. The van der Waals surface area contributed by atoms with Crippen molar-refractivity contribution in [3.05, 3.63) is 28.5 Å². The number of hydrogen-bond donors (Lipinski definition) is 1. The number of primary amides is 1. The molecule has 2 heterocycles. The van der Waals surface area contributed by atoms with E-state index in [0.29, 0.717) is 5.56 Å². The molecule has 0 aromatic carbocycles. The summed E-state index contributed by atoms with van der Waals surface area (Å²) < 4.78 is 2.30. The molecule has 23 heavy (non-hydrogen) atoms. The van der Waals surface area contributed by atoms with Gasteiger partial charge in [-0.05, 0) is 26.2 Å². The van der Waals surface area contributed by atoms with E-state index < -0.39 is 0 Å². The van der Waals surface area contributed by atoms with E-state index in [-0.39, 0.29) is 5.91 Å². The standard InChI is InChI=1S/C18H27N3OS/c1-4-6-8-9-14-16(18-20-10-12-23-18)15(17(19)22)13(3)21(14)11-7-5-2/h10,12H,4-9,11H2,1-3H3,(H2,19,22). The third-order valence-corrected chi connectivity index (χ3v) is 5.07. The number of nitrogens with two attached hydrogens (primary N) is 1. The Hall–Kier alpha value is -1.62. The van der Waals surface area contributed by atoms with Crippen molar-refractivity contribution in [3.63, 3.8) is 0 Å². The molecule has 126 valence electrons. The molecule has 2 rings (SSSR count). The number of thiazole rings is 1. The van der Waals surface area contributed by atoms with E-state index in [1.54, 1.807) is 17.5 Å². The number of nitrogens with zero attached hydrogens (tertiary/aromatic N) is 2. The molecule has 0 aliphatic heterocycles. The van der Waals surface area contributed by atoms with Gasteiger partial charge >= 0.3 is 0 Å². The molecule has 0 saturated carbocycles. The molecular weight excluding hydrogens is 306 g/mol. The average molecular weight is 334 g/mol. The van der Waals surface area contributed by atoms with Crippen LogP contribution in [0.15, 0.2) is 11.6 Å². The first kappa shape index (κ1) is 17.7. The minimum absolute atomic E-state index is 0.348. The second-order valence-corrected chi connectivity index (χ2v) is 6.84. The summed E-state index contributed by atoms with van der Waals surface area (Å²) in [4.78, 5) is 16.5. The normalized spacial score (nSPS) is 11.1. The van der Waals surface area contributed by atoms with Gasteiger partial charge in [-0.15, -0.1) is 11.3 Å². The van der Waals surface area contributed by atoms with E-state index in [1.807, 2.05) is 12.3 Å². The summed E-state index contributed by atoms with van der Waals surface area (Å²) in [6, 6.07) is 0. The van der Waals surface area contributed by atoms with Gasteiger partial charge in [-0.25, -0.2) is 4.98 Å². The Morgan fingerprint density at radius 3 is 2.57 bits per heavy atom. The Labute approximate surface area is 142 Å². The highest BCUT2D eigenvalue weighted by Crippen LogP contribution is 2.35. The van der Waals surface area contributed by atoms with Crippen LogP contribution in [0.25, 0.3) is 10.6 Å². The smallest absolute Gasteiger partial charge is 0.251 e. The maximum atomic E-state index is 12.1. The van der Waals surface area contributed by atoms with Crippen LogP contribution in [0.2, 0.25) is 0 Å². The summed E-state index contributed by atoms with van der Waals surface area (Å²) in [5.74, 6) is -0.348. The summed E-state index contributed by atoms with van der Waals surface area (Å²) in [5.41, 5.74) is 9.55. The van der Waals surface area contributed by atoms with E-state index in [1.165, 1.54) is 18.5 Å². The minimum Gasteiger partial charge on any atom is -0.366 e. The lowest BCUT2D eigenvalue weighted by molar-refractivity contribution is 0.1000. The summed E-state index contributed by atoms with van der Waals surface area (Å²) in [7, 11) is 0. The van der Waals surface area contributed by atoms with E-state index in [9.17, 15) is 4.79 Å². The highest BCUT2D eigenvalue weighted by Gasteiger charge is 2.25. The van der Waals surface area contributed by atoms with Crippen LogP contribution >= 0.6 is 11.3 Å². The number of carbonyl (C=O) groups is 1. The van der Waals surface area contributed by atoms with Crippen LogP contribution < -0.4 is 5.73 Å². The quantitative estimate of drug-likeness (QED) is 0.684. The minimum atomic E-state index is -0.348. The Morgan fingerprint density at radius 1 is 1.26 bits per heavy atom. The van der Waals surface area contributed by atoms with E-state index >= 15 is 0 Å². The molecule has 0 radical (unpaired) electrons. The van der Waals surface area contributed by atoms with Gasteiger partial charge in [0.2, 0.25) is 0 Å². The Balaban J connectivity index is 2.56. The lowest BCUT2D eigenvalue weighted by Crippen LogP contribution is -2.13. The van der Waals surface area contributed by atoms with Gasteiger partial charge in [0.25, 0.3) is 5.91 Å². The SMILES string of the molecule is CCCCCc1c(-c2nccs2)c(C(N)=O)c(C)n1CCCC. The largest absolute Gasteiger partial charge is 0.366 e. The number of rotatable bonds is 9. The molecule has 2 aromatic rings. The molecule has 2 aromatic heterocycles. The van der Waals surface area contributed by atoms with Gasteiger partial charge in [0.05, 0.1) is 5.56 Å². The monoisotopic (exact) mass is 333 g/mol. The molecule has 0 fully saturated rings. The first-order valence-corrected chi connectivity index (χ1v) is 9.41. The molecule has 0 unspecified atom stereocenters. The highest BCUT2D eigenvalue weighted by molar-refractivity contribution is 7.13. The number of hydrogen-bond acceptors (Lipinski definition) is 3. The second kappa shape index (κ2) is 8.29. The van der Waals surface area contributed by atoms with Crippen molar-refractivity contribution < 1.29 is 4.79 Å². The van der Waals surface area contributed by atoms with E-state index in [4.69, 9.17) is 5.73 Å². The van der Waals surface area contributed by atoms with Crippen LogP contribution in [0.1, 0.15) is 67.7 Å². The van der Waals surface area contributed by atoms with Crippen molar-refractivity contribution in [1.82, 2.24) is 9.55 Å². The van der Waals surface area contributed by atoms with Gasteiger partial charge in [-0.3, -0.25) is 4.79 Å². The van der Waals surface area contributed by atoms with Crippen LogP contribution in [-0.2, 0) is 13.0 Å². The lowest BCUT2D eigenvalue weighted by Gasteiger charge is -2.12. The van der Waals surface area contributed by atoms with Crippen molar-refractivity contribution in [3.8, 4) is 10.6 Å². The summed E-state index contributed by atoms with van der Waals surface area (Å²) in [5, 5.41) is 2.86. The summed E-state index contributed by atoms with van der Waals surface area (Å²) in [6.07, 6.45) is 8.50. The lowest BCUT2D eigenvalue weighted by atomic mass is 10.0. The van der Waals surface area contributed by atoms with E-state index in [2.05, 4.69) is 23.4 Å². The highest BCUT2D eigenvalue weighted by atomic mass is 32.1. The molecule has 0 aliphatic carbocycles. The summed E-state index contributed by atoms with van der Waals surface area (Å²) >= 11 is 1.57. The van der Waals surface area contributed by atoms with Crippen molar-refractivity contribution in [2.45, 2.75) is 65.8 Å². The van der Waals surface area contributed by atoms with Crippen LogP contribution in [0.4, 0.5) is 0 Å². The first-order chi connectivity index (χ1) is 11.1. The summed E-state index contributed by atoms with van der Waals surface area (Å²) in [6.45, 7) is 7.34. The fourth-order valence-electron chi connectivity index (χ4n) is 3.10. The van der Waals surface area contributed by atoms with Crippen LogP contribution in [0.3, 0.4) is 0 Å². The van der Waals surface area contributed by atoms with Gasteiger partial charge in [0.15, 0.2) is 0 Å². The fourth-order valence-corrected chi connectivity index (χ4v) is 3.81. The molecular formula is C18H27N3OS. The molecule has 0 spiro atoms. The predicted octanol–water partition coefficient (Wildman–Crippen LogP) is 4.55. The van der Waals surface area contributed by atoms with Crippen LogP contribution in [0.5, 0.6) is 0 Å². The first-order valence-electron chi connectivity index (χ1n) is 8.53. The Bertz CT molecular complexity index is 644. The molecule has 0 aliphatic rings. The molecule has 0 atom stereocenters. The van der Waals surface area contributed by atoms with E-state index in [0.717, 1.165) is 48.5 Å². The number of unbranched alkanes of at least 4 members (excludes halogenated alkanes) is 3. The zero-order valence-electron chi connectivity index (χ0n) is 14.4. The fraction of sp³-hybridized carbons (Fsp3) is 0.556. The van der Waals surface area contributed by atoms with Crippen molar-refractivity contribution in [2.75, 3.05) is 0 Å². The van der Waals surface area contributed by atoms with Gasteiger partial charge in [-0.2, -0.15) is 0 Å². The molecule has 5 heteroatoms. The van der Waals surface area contributed by atoms with Gasteiger partial charge in [0.1, 0.15) is 5.01 Å². The predicted molar refractivity (Wildman–Crippen MR) is 96.9 cm³/mol. The molecule has 1 amide bonds. The molecule has 0 saturated heterocycles. The maximum absolute atomic E-state index is 12.1. The third-order valence-electron chi connectivity index (χ3n) is 4.28. The molecule has 0 bridgehead atoms.